The molecule has 2 aliphatic heterocycles. The molecule has 1 atom stereocenters. The van der Waals surface area contributed by atoms with Crippen LogP contribution in [0.25, 0.3) is 0 Å². The van der Waals surface area contributed by atoms with E-state index in [9.17, 15) is 13.2 Å². The lowest BCUT2D eigenvalue weighted by atomic mass is 10.2. The van der Waals surface area contributed by atoms with Gasteiger partial charge in [-0.1, -0.05) is 11.6 Å². The average molecular weight is 467 g/mol. The Labute approximate surface area is 186 Å². The van der Waals surface area contributed by atoms with E-state index in [0.717, 1.165) is 0 Å². The maximum atomic E-state index is 13.0. The van der Waals surface area contributed by atoms with Gasteiger partial charge in [0, 0.05) is 37.3 Å². The summed E-state index contributed by atoms with van der Waals surface area (Å²) in [5.74, 6) is 1.32. The van der Waals surface area contributed by atoms with Crippen LogP contribution in [0.2, 0.25) is 5.02 Å². The summed E-state index contributed by atoms with van der Waals surface area (Å²) >= 11 is 5.86. The van der Waals surface area contributed by atoms with Crippen molar-refractivity contribution in [2.75, 3.05) is 39.4 Å². The lowest BCUT2D eigenvalue weighted by Crippen LogP contribution is -2.53. The van der Waals surface area contributed by atoms with Gasteiger partial charge < -0.3 is 19.1 Å². The number of halogens is 1. The van der Waals surface area contributed by atoms with Crippen LogP contribution >= 0.6 is 11.6 Å². The van der Waals surface area contributed by atoms with E-state index in [2.05, 4.69) is 0 Å². The summed E-state index contributed by atoms with van der Waals surface area (Å²) in [6.45, 7) is 3.48. The van der Waals surface area contributed by atoms with E-state index in [1.165, 1.54) is 16.4 Å². The number of hydrogen-bond acceptors (Lipinski definition) is 6. The molecule has 2 aliphatic rings. The maximum absolute atomic E-state index is 13.0. The van der Waals surface area contributed by atoms with Crippen molar-refractivity contribution in [2.24, 2.45) is 0 Å². The summed E-state index contributed by atoms with van der Waals surface area (Å²) in [5.41, 5.74) is 0. The molecule has 4 rings (SSSR count). The second-order valence-corrected chi connectivity index (χ2v) is 9.62. The molecule has 0 unspecified atom stereocenters. The number of carbonyl (C=O) groups excluding carboxylic acids is 1. The first-order chi connectivity index (χ1) is 14.8. The van der Waals surface area contributed by atoms with Crippen molar-refractivity contribution in [1.29, 1.82) is 0 Å². The third-order valence-electron chi connectivity index (χ3n) is 5.18. The van der Waals surface area contributed by atoms with Crippen LogP contribution in [0, 0.1) is 0 Å². The SMILES string of the molecule is C[C@H](Oc1ccc(Cl)cc1)C(=O)N1CCN(S(=O)(=O)c2ccc3c(c2)OCCO3)CC1. The summed E-state index contributed by atoms with van der Waals surface area (Å²) in [6.07, 6.45) is -0.692. The van der Waals surface area contributed by atoms with Gasteiger partial charge in [-0.05, 0) is 43.3 Å². The highest BCUT2D eigenvalue weighted by Gasteiger charge is 2.32. The van der Waals surface area contributed by atoms with Crippen LogP contribution < -0.4 is 14.2 Å². The number of carbonyl (C=O) groups is 1. The summed E-state index contributed by atoms with van der Waals surface area (Å²) in [5, 5.41) is 0.585. The highest BCUT2D eigenvalue weighted by Crippen LogP contribution is 2.33. The quantitative estimate of drug-likeness (QED) is 0.672. The summed E-state index contributed by atoms with van der Waals surface area (Å²) in [4.78, 5) is 14.5. The third kappa shape index (κ3) is 4.73. The Hall–Kier alpha value is -2.49. The van der Waals surface area contributed by atoms with Crippen molar-refractivity contribution in [3.05, 3.63) is 47.5 Å². The fourth-order valence-electron chi connectivity index (χ4n) is 3.51. The number of nitrogens with zero attached hydrogens (tertiary/aromatic N) is 2. The van der Waals surface area contributed by atoms with E-state index in [4.69, 9.17) is 25.8 Å². The van der Waals surface area contributed by atoms with Gasteiger partial charge in [-0.25, -0.2) is 8.42 Å². The van der Waals surface area contributed by atoms with Crippen molar-refractivity contribution < 1.29 is 27.4 Å². The molecule has 31 heavy (non-hydrogen) atoms. The normalized spacial score (nSPS) is 17.8. The summed E-state index contributed by atoms with van der Waals surface area (Å²) < 4.78 is 44.1. The standard InChI is InChI=1S/C21H23ClN2O6S/c1-15(30-17-4-2-16(22)3-5-17)21(25)23-8-10-24(11-9-23)31(26,27)18-6-7-19-20(14-18)29-13-12-28-19/h2-7,14-15H,8-13H2,1H3/t15-/m0/s1. The Balaban J connectivity index is 1.37. The average Bonchev–Trinajstić information content (AvgIpc) is 2.79. The van der Waals surface area contributed by atoms with E-state index in [-0.39, 0.29) is 37.0 Å². The van der Waals surface area contributed by atoms with Crippen LogP contribution in [0.5, 0.6) is 17.2 Å². The number of amides is 1. The lowest BCUT2D eigenvalue weighted by molar-refractivity contribution is -0.139. The molecule has 0 bridgehead atoms. The molecule has 2 heterocycles. The molecule has 1 amide bonds. The molecular weight excluding hydrogens is 444 g/mol. The van der Waals surface area contributed by atoms with Gasteiger partial charge in [-0.3, -0.25) is 4.79 Å². The first-order valence-corrected chi connectivity index (χ1v) is 11.8. The molecule has 2 aromatic rings. The number of rotatable bonds is 5. The zero-order valence-corrected chi connectivity index (χ0v) is 18.6. The second-order valence-electron chi connectivity index (χ2n) is 7.25. The Bertz CT molecular complexity index is 1050. The molecule has 2 aromatic carbocycles. The number of fused-ring (bicyclic) bond motifs is 1. The number of hydrogen-bond donors (Lipinski definition) is 0. The van der Waals surface area contributed by atoms with Crippen molar-refractivity contribution in [3.8, 4) is 17.2 Å². The number of sulfonamides is 1. The monoisotopic (exact) mass is 466 g/mol. The molecule has 0 aromatic heterocycles. The number of piperazine rings is 1. The fraction of sp³-hybridized carbons (Fsp3) is 0.381. The van der Waals surface area contributed by atoms with Crippen molar-refractivity contribution in [2.45, 2.75) is 17.9 Å². The van der Waals surface area contributed by atoms with Gasteiger partial charge in [-0.2, -0.15) is 4.31 Å². The van der Waals surface area contributed by atoms with E-state index in [0.29, 0.717) is 35.5 Å². The van der Waals surface area contributed by atoms with Crippen molar-refractivity contribution in [1.82, 2.24) is 9.21 Å². The molecule has 1 fully saturated rings. The van der Waals surface area contributed by atoms with Gasteiger partial charge in [0.05, 0.1) is 4.90 Å². The zero-order valence-electron chi connectivity index (χ0n) is 17.0. The largest absolute Gasteiger partial charge is 0.486 e. The van der Waals surface area contributed by atoms with Gasteiger partial charge in [0.25, 0.3) is 5.91 Å². The molecule has 1 saturated heterocycles. The summed E-state index contributed by atoms with van der Waals surface area (Å²) in [6, 6.07) is 11.4. The molecule has 0 aliphatic carbocycles. The molecule has 8 nitrogen and oxygen atoms in total. The second kappa shape index (κ2) is 8.94. The van der Waals surface area contributed by atoms with Crippen LogP contribution in [0.3, 0.4) is 0 Å². The van der Waals surface area contributed by atoms with Crippen LogP contribution in [-0.4, -0.2) is 69.0 Å². The van der Waals surface area contributed by atoms with Gasteiger partial charge in [0.2, 0.25) is 10.0 Å². The third-order valence-corrected chi connectivity index (χ3v) is 7.32. The van der Waals surface area contributed by atoms with E-state index in [1.807, 2.05) is 0 Å². The van der Waals surface area contributed by atoms with E-state index in [1.54, 1.807) is 42.2 Å². The van der Waals surface area contributed by atoms with Gasteiger partial charge in [0.1, 0.15) is 19.0 Å². The number of ether oxygens (including phenoxy) is 3. The van der Waals surface area contributed by atoms with Gasteiger partial charge >= 0.3 is 0 Å². The van der Waals surface area contributed by atoms with Gasteiger partial charge in [0.15, 0.2) is 17.6 Å². The fourth-order valence-corrected chi connectivity index (χ4v) is 5.07. The van der Waals surface area contributed by atoms with Crippen LogP contribution in [0.15, 0.2) is 47.4 Å². The van der Waals surface area contributed by atoms with E-state index < -0.39 is 16.1 Å². The van der Waals surface area contributed by atoms with Crippen molar-refractivity contribution in [3.63, 3.8) is 0 Å². The lowest BCUT2D eigenvalue weighted by Gasteiger charge is -2.35. The predicted octanol–water partition coefficient (Wildman–Crippen LogP) is 2.41. The maximum Gasteiger partial charge on any atom is 0.263 e. The van der Waals surface area contributed by atoms with Crippen LogP contribution in [-0.2, 0) is 14.8 Å². The Morgan fingerprint density at radius 1 is 1.00 bits per heavy atom. The Kier molecular flexibility index (Phi) is 6.27. The van der Waals surface area contributed by atoms with Crippen molar-refractivity contribution >= 4 is 27.5 Å². The molecule has 0 N–H and O–H groups in total. The predicted molar refractivity (Wildman–Crippen MR) is 114 cm³/mol. The minimum absolute atomic E-state index is 0.149. The molecular formula is C21H23ClN2O6S. The first-order valence-electron chi connectivity index (χ1n) is 9.95. The van der Waals surface area contributed by atoms with E-state index >= 15 is 0 Å². The van der Waals surface area contributed by atoms with Gasteiger partial charge in [-0.15, -0.1) is 0 Å². The summed E-state index contributed by atoms with van der Waals surface area (Å²) in [7, 11) is -3.70. The van der Waals surface area contributed by atoms with Crippen LogP contribution in [0.1, 0.15) is 6.92 Å². The molecule has 0 radical (unpaired) electrons. The smallest absolute Gasteiger partial charge is 0.263 e. The molecule has 0 spiro atoms. The molecule has 166 valence electrons. The first kappa shape index (κ1) is 21.7. The van der Waals surface area contributed by atoms with Crippen LogP contribution in [0.4, 0.5) is 0 Å². The highest BCUT2D eigenvalue weighted by atomic mass is 35.5. The number of benzene rings is 2. The Morgan fingerprint density at radius 3 is 2.32 bits per heavy atom. The topological polar surface area (TPSA) is 85.4 Å². The molecule has 10 heteroatoms. The minimum atomic E-state index is -3.70. The zero-order chi connectivity index (χ0) is 22.0. The molecule has 0 saturated carbocycles. The Morgan fingerprint density at radius 2 is 1.65 bits per heavy atom. The minimum Gasteiger partial charge on any atom is -0.486 e. The highest BCUT2D eigenvalue weighted by molar-refractivity contribution is 7.89.